The number of halogens is 2. The van der Waals surface area contributed by atoms with Crippen molar-refractivity contribution >= 4 is 32.2 Å². The third-order valence-corrected chi connectivity index (χ3v) is 5.77. The molecule has 1 N–H and O–H groups in total. The van der Waals surface area contributed by atoms with Crippen molar-refractivity contribution in [3.8, 4) is 11.3 Å². The van der Waals surface area contributed by atoms with Gasteiger partial charge in [0.05, 0.1) is 10.6 Å². The van der Waals surface area contributed by atoms with Crippen LogP contribution in [0.25, 0.3) is 11.3 Å². The molecular weight excluding hydrogens is 382 g/mol. The quantitative estimate of drug-likeness (QED) is 0.672. The minimum Gasteiger partial charge on any atom is -0.301 e. The number of carbonyl (C=O) groups is 1. The van der Waals surface area contributed by atoms with Gasteiger partial charge in [-0.15, -0.1) is 11.3 Å². The molecule has 0 radical (unpaired) electrons. The third kappa shape index (κ3) is 4.30. The fraction of sp³-hybridized carbons (Fsp3) is 0.0588. The summed E-state index contributed by atoms with van der Waals surface area (Å²) in [6, 6.07) is 9.93. The van der Waals surface area contributed by atoms with Gasteiger partial charge in [-0.25, -0.2) is 22.2 Å². The highest BCUT2D eigenvalue weighted by Gasteiger charge is 2.20. The topological polar surface area (TPSA) is 76.1 Å². The number of thiazole rings is 1. The summed E-state index contributed by atoms with van der Waals surface area (Å²) < 4.78 is 50.2. The molecule has 0 saturated carbocycles. The molecule has 3 aromatic rings. The standard InChI is InChI=1S/C17H12F2N2O3S2/c18-12-3-1-11(2-4-12)15-9-25-17(20-15)21-16(22)10-26(23,24)14-7-5-13(19)6-8-14/h1-9H,10H2,(H,20,21,22). The number of sulfone groups is 1. The molecule has 1 heterocycles. The molecule has 1 amide bonds. The minimum absolute atomic E-state index is 0.139. The van der Waals surface area contributed by atoms with Crippen LogP contribution in [0.3, 0.4) is 0 Å². The normalized spacial score (nSPS) is 11.3. The van der Waals surface area contributed by atoms with Crippen LogP contribution in [0.2, 0.25) is 0 Å². The van der Waals surface area contributed by atoms with E-state index in [1.807, 2.05) is 0 Å². The monoisotopic (exact) mass is 394 g/mol. The number of carbonyl (C=O) groups excluding carboxylic acids is 1. The van der Waals surface area contributed by atoms with Crippen LogP contribution in [0.5, 0.6) is 0 Å². The second-order valence-electron chi connectivity index (χ2n) is 5.31. The van der Waals surface area contributed by atoms with Gasteiger partial charge in [-0.2, -0.15) is 0 Å². The number of nitrogens with one attached hydrogen (secondary N) is 1. The molecule has 0 fully saturated rings. The maximum absolute atomic E-state index is 12.9. The first-order valence-corrected chi connectivity index (χ1v) is 9.86. The Morgan fingerprint density at radius 1 is 1.00 bits per heavy atom. The fourth-order valence-electron chi connectivity index (χ4n) is 2.14. The van der Waals surface area contributed by atoms with Gasteiger partial charge in [0.1, 0.15) is 17.4 Å². The van der Waals surface area contributed by atoms with Crippen LogP contribution >= 0.6 is 11.3 Å². The summed E-state index contributed by atoms with van der Waals surface area (Å²) in [5.74, 6) is -2.48. The van der Waals surface area contributed by atoms with Gasteiger partial charge in [-0.05, 0) is 48.5 Å². The van der Waals surface area contributed by atoms with Gasteiger partial charge < -0.3 is 5.32 Å². The molecular formula is C17H12F2N2O3S2. The number of benzene rings is 2. The van der Waals surface area contributed by atoms with Crippen molar-refractivity contribution in [2.45, 2.75) is 4.90 Å². The molecule has 0 aliphatic heterocycles. The van der Waals surface area contributed by atoms with Crippen LogP contribution in [-0.2, 0) is 14.6 Å². The van der Waals surface area contributed by atoms with E-state index in [1.54, 1.807) is 17.5 Å². The summed E-state index contributed by atoms with van der Waals surface area (Å²) in [7, 11) is -3.89. The van der Waals surface area contributed by atoms with Crippen molar-refractivity contribution in [3.05, 3.63) is 65.5 Å². The van der Waals surface area contributed by atoms with Crippen LogP contribution in [0, 0.1) is 11.6 Å². The average Bonchev–Trinajstić information content (AvgIpc) is 3.03. The molecule has 3 rings (SSSR count). The first kappa shape index (κ1) is 18.2. The first-order chi connectivity index (χ1) is 12.3. The zero-order chi connectivity index (χ0) is 18.7. The van der Waals surface area contributed by atoms with E-state index < -0.39 is 27.3 Å². The lowest BCUT2D eigenvalue weighted by atomic mass is 10.2. The molecule has 26 heavy (non-hydrogen) atoms. The maximum Gasteiger partial charge on any atom is 0.241 e. The molecule has 1 aromatic heterocycles. The Kier molecular flexibility index (Phi) is 5.10. The molecule has 0 spiro atoms. The third-order valence-electron chi connectivity index (χ3n) is 3.38. The van der Waals surface area contributed by atoms with Crippen LogP contribution in [0.1, 0.15) is 0 Å². The van der Waals surface area contributed by atoms with Crippen LogP contribution in [-0.4, -0.2) is 25.1 Å². The summed E-state index contributed by atoms with van der Waals surface area (Å²) in [4.78, 5) is 16.1. The van der Waals surface area contributed by atoms with Gasteiger partial charge in [0.25, 0.3) is 0 Å². The molecule has 0 atom stereocenters. The smallest absolute Gasteiger partial charge is 0.241 e. The molecule has 134 valence electrons. The highest BCUT2D eigenvalue weighted by Crippen LogP contribution is 2.25. The van der Waals surface area contributed by atoms with Crippen molar-refractivity contribution in [1.82, 2.24) is 4.98 Å². The maximum atomic E-state index is 12.9. The van der Waals surface area contributed by atoms with E-state index >= 15 is 0 Å². The molecule has 0 bridgehead atoms. The molecule has 0 aliphatic carbocycles. The SMILES string of the molecule is O=C(CS(=O)(=O)c1ccc(F)cc1)Nc1nc(-c2ccc(F)cc2)cs1. The Bertz CT molecular complexity index is 1030. The van der Waals surface area contributed by atoms with Gasteiger partial charge in [-0.3, -0.25) is 4.79 Å². The van der Waals surface area contributed by atoms with E-state index in [4.69, 9.17) is 0 Å². The van der Waals surface area contributed by atoms with Gasteiger partial charge >= 0.3 is 0 Å². The highest BCUT2D eigenvalue weighted by atomic mass is 32.2. The second-order valence-corrected chi connectivity index (χ2v) is 8.15. The Morgan fingerprint density at radius 2 is 1.58 bits per heavy atom. The van der Waals surface area contributed by atoms with Crippen molar-refractivity contribution in [2.24, 2.45) is 0 Å². The largest absolute Gasteiger partial charge is 0.301 e. The number of nitrogens with zero attached hydrogens (tertiary/aromatic N) is 1. The second kappa shape index (κ2) is 7.30. The number of amides is 1. The van der Waals surface area contributed by atoms with E-state index in [9.17, 15) is 22.0 Å². The summed E-state index contributed by atoms with van der Waals surface area (Å²) >= 11 is 1.12. The van der Waals surface area contributed by atoms with Crippen molar-refractivity contribution < 1.29 is 22.0 Å². The van der Waals surface area contributed by atoms with Crippen molar-refractivity contribution in [1.29, 1.82) is 0 Å². The summed E-state index contributed by atoms with van der Waals surface area (Å²) in [6.07, 6.45) is 0. The van der Waals surface area contributed by atoms with E-state index in [0.29, 0.717) is 11.3 Å². The lowest BCUT2D eigenvalue weighted by molar-refractivity contribution is -0.113. The number of hydrogen-bond donors (Lipinski definition) is 1. The van der Waals surface area contributed by atoms with Gasteiger partial charge in [0.15, 0.2) is 15.0 Å². The Hall–Kier alpha value is -2.65. The minimum atomic E-state index is -3.89. The van der Waals surface area contributed by atoms with E-state index in [0.717, 1.165) is 35.6 Å². The van der Waals surface area contributed by atoms with E-state index in [2.05, 4.69) is 10.3 Å². The van der Waals surface area contributed by atoms with Gasteiger partial charge in [-0.1, -0.05) is 0 Å². The fourth-order valence-corrected chi connectivity index (χ4v) is 4.01. The summed E-state index contributed by atoms with van der Waals surface area (Å²) in [5.41, 5.74) is 1.20. The summed E-state index contributed by atoms with van der Waals surface area (Å²) in [6.45, 7) is 0. The van der Waals surface area contributed by atoms with E-state index in [-0.39, 0.29) is 15.8 Å². The predicted octanol–water partition coefficient (Wildman–Crippen LogP) is 3.50. The molecule has 2 aromatic carbocycles. The van der Waals surface area contributed by atoms with E-state index in [1.165, 1.54) is 12.1 Å². The number of anilines is 1. The van der Waals surface area contributed by atoms with Crippen molar-refractivity contribution in [3.63, 3.8) is 0 Å². The molecule has 0 saturated heterocycles. The number of hydrogen-bond acceptors (Lipinski definition) is 5. The Balaban J connectivity index is 1.68. The Labute approximate surface area is 152 Å². The first-order valence-electron chi connectivity index (χ1n) is 7.33. The number of aromatic nitrogens is 1. The van der Waals surface area contributed by atoms with Crippen LogP contribution in [0.15, 0.2) is 58.8 Å². The predicted molar refractivity (Wildman–Crippen MR) is 94.6 cm³/mol. The molecule has 9 heteroatoms. The molecule has 0 aliphatic rings. The summed E-state index contributed by atoms with van der Waals surface area (Å²) in [5, 5.41) is 4.31. The van der Waals surface area contributed by atoms with Crippen LogP contribution < -0.4 is 5.32 Å². The lowest BCUT2D eigenvalue weighted by Gasteiger charge is -2.04. The highest BCUT2D eigenvalue weighted by molar-refractivity contribution is 7.92. The zero-order valence-corrected chi connectivity index (χ0v) is 14.8. The average molecular weight is 394 g/mol. The molecule has 0 unspecified atom stereocenters. The Morgan fingerprint density at radius 3 is 2.19 bits per heavy atom. The van der Waals surface area contributed by atoms with Gasteiger partial charge in [0, 0.05) is 10.9 Å². The van der Waals surface area contributed by atoms with Gasteiger partial charge in [0.2, 0.25) is 5.91 Å². The lowest BCUT2D eigenvalue weighted by Crippen LogP contribution is -2.23. The zero-order valence-electron chi connectivity index (χ0n) is 13.1. The van der Waals surface area contributed by atoms with Crippen molar-refractivity contribution in [2.75, 3.05) is 11.1 Å². The van der Waals surface area contributed by atoms with Crippen LogP contribution in [0.4, 0.5) is 13.9 Å². The number of rotatable bonds is 5. The molecule has 5 nitrogen and oxygen atoms in total.